The number of phenols is 1. The van der Waals surface area contributed by atoms with Crippen LogP contribution in [0.2, 0.25) is 0 Å². The number of amides is 1. The Hall–Kier alpha value is -1.81. The molecule has 0 atom stereocenters. The molecule has 0 bridgehead atoms. The topological polar surface area (TPSA) is 40.5 Å². The summed E-state index contributed by atoms with van der Waals surface area (Å²) in [4.78, 5) is 14.4. The minimum absolute atomic E-state index is 0.114. The van der Waals surface area contributed by atoms with E-state index in [2.05, 4.69) is 15.9 Å². The number of aromatic hydroxyl groups is 1. The molecule has 1 saturated heterocycles. The fraction of sp³-hybridized carbons (Fsp3) is 0.278. The van der Waals surface area contributed by atoms with Crippen molar-refractivity contribution in [1.82, 2.24) is 4.90 Å². The van der Waals surface area contributed by atoms with Crippen molar-refractivity contribution >= 4 is 21.8 Å². The second-order valence-corrected chi connectivity index (χ2v) is 6.54. The zero-order valence-electron chi connectivity index (χ0n) is 12.3. The van der Waals surface area contributed by atoms with Crippen LogP contribution < -0.4 is 0 Å². The highest BCUT2D eigenvalue weighted by Gasteiger charge is 2.17. The lowest BCUT2D eigenvalue weighted by molar-refractivity contribution is 0.0724. The molecule has 0 unspecified atom stereocenters. The summed E-state index contributed by atoms with van der Waals surface area (Å²) in [7, 11) is 0. The fourth-order valence-electron chi connectivity index (χ4n) is 2.83. The van der Waals surface area contributed by atoms with Crippen molar-refractivity contribution in [3.8, 4) is 16.9 Å². The normalized spacial score (nSPS) is 14.9. The van der Waals surface area contributed by atoms with Gasteiger partial charge in [0, 0.05) is 23.1 Å². The molecule has 2 aromatic rings. The van der Waals surface area contributed by atoms with Gasteiger partial charge in [-0.15, -0.1) is 0 Å². The van der Waals surface area contributed by atoms with Gasteiger partial charge >= 0.3 is 0 Å². The Kier molecular flexibility index (Phi) is 4.48. The number of phenolic OH excluding ortho intramolecular Hbond substituents is 1. The van der Waals surface area contributed by atoms with Crippen molar-refractivity contribution in [3.05, 3.63) is 52.5 Å². The van der Waals surface area contributed by atoms with Crippen LogP contribution in [0.1, 0.15) is 29.6 Å². The van der Waals surface area contributed by atoms with Crippen molar-refractivity contribution in [3.63, 3.8) is 0 Å². The maximum atomic E-state index is 12.4. The van der Waals surface area contributed by atoms with E-state index in [1.54, 1.807) is 12.1 Å². The van der Waals surface area contributed by atoms with Crippen molar-refractivity contribution in [2.75, 3.05) is 13.1 Å². The first-order valence-corrected chi connectivity index (χ1v) is 8.32. The molecule has 1 aliphatic heterocycles. The average Bonchev–Trinajstić information content (AvgIpc) is 2.54. The van der Waals surface area contributed by atoms with E-state index in [-0.39, 0.29) is 11.7 Å². The number of rotatable bonds is 2. The van der Waals surface area contributed by atoms with E-state index in [1.807, 2.05) is 35.2 Å². The summed E-state index contributed by atoms with van der Waals surface area (Å²) in [6.07, 6.45) is 3.41. The molecule has 1 N–H and O–H groups in total. The highest BCUT2D eigenvalue weighted by Crippen LogP contribution is 2.28. The number of hydrogen-bond donors (Lipinski definition) is 1. The summed E-state index contributed by atoms with van der Waals surface area (Å²) < 4.78 is 0.830. The molecule has 3 nitrogen and oxygen atoms in total. The first-order chi connectivity index (χ1) is 10.6. The summed E-state index contributed by atoms with van der Waals surface area (Å²) in [6, 6.07) is 12.9. The molecule has 0 aliphatic carbocycles. The Balaban J connectivity index is 1.81. The third kappa shape index (κ3) is 3.33. The first kappa shape index (κ1) is 15.1. The quantitative estimate of drug-likeness (QED) is 0.860. The second kappa shape index (κ2) is 6.53. The summed E-state index contributed by atoms with van der Waals surface area (Å²) in [5, 5.41) is 9.68. The summed E-state index contributed by atoms with van der Waals surface area (Å²) >= 11 is 3.38. The van der Waals surface area contributed by atoms with Gasteiger partial charge in [-0.3, -0.25) is 4.79 Å². The van der Waals surface area contributed by atoms with Crippen LogP contribution in [-0.2, 0) is 0 Å². The largest absolute Gasteiger partial charge is 0.508 e. The highest BCUT2D eigenvalue weighted by molar-refractivity contribution is 9.10. The maximum Gasteiger partial charge on any atom is 0.253 e. The van der Waals surface area contributed by atoms with Crippen LogP contribution in [0.25, 0.3) is 11.1 Å². The molecule has 1 fully saturated rings. The van der Waals surface area contributed by atoms with Gasteiger partial charge in [0.15, 0.2) is 0 Å². The molecular formula is C18H18BrNO2. The number of carbonyl (C=O) groups is 1. The number of nitrogens with zero attached hydrogens (tertiary/aromatic N) is 1. The Labute approximate surface area is 138 Å². The van der Waals surface area contributed by atoms with Gasteiger partial charge < -0.3 is 10.0 Å². The van der Waals surface area contributed by atoms with Crippen molar-refractivity contribution in [1.29, 1.82) is 0 Å². The van der Waals surface area contributed by atoms with Gasteiger partial charge in [0.05, 0.1) is 0 Å². The van der Waals surface area contributed by atoms with Crippen LogP contribution in [0, 0.1) is 0 Å². The summed E-state index contributed by atoms with van der Waals surface area (Å²) in [6.45, 7) is 1.72. The minimum Gasteiger partial charge on any atom is -0.508 e. The Morgan fingerprint density at radius 2 is 1.64 bits per heavy atom. The van der Waals surface area contributed by atoms with Crippen LogP contribution in [0.15, 0.2) is 46.9 Å². The summed E-state index contributed by atoms with van der Waals surface area (Å²) in [5.41, 5.74) is 2.63. The molecular weight excluding hydrogens is 342 g/mol. The van der Waals surface area contributed by atoms with Gasteiger partial charge in [0.1, 0.15) is 5.75 Å². The van der Waals surface area contributed by atoms with E-state index >= 15 is 0 Å². The lowest BCUT2D eigenvalue weighted by Gasteiger charge is -2.26. The minimum atomic E-state index is 0.114. The van der Waals surface area contributed by atoms with Gasteiger partial charge in [-0.25, -0.2) is 0 Å². The molecule has 1 aliphatic rings. The van der Waals surface area contributed by atoms with Crippen molar-refractivity contribution < 1.29 is 9.90 Å². The SMILES string of the molecule is O=C(c1ccc(-c2cc(O)cc(Br)c2)cc1)N1CCCCC1. The maximum absolute atomic E-state index is 12.4. The van der Waals surface area contributed by atoms with Crippen LogP contribution in [0.3, 0.4) is 0 Å². The van der Waals surface area contributed by atoms with Crippen LogP contribution in [0.4, 0.5) is 0 Å². The average molecular weight is 360 g/mol. The zero-order chi connectivity index (χ0) is 15.5. The predicted octanol–water partition coefficient (Wildman–Crippen LogP) is 4.45. The standard InChI is InChI=1S/C18H18BrNO2/c19-16-10-15(11-17(21)12-16)13-4-6-14(7-5-13)18(22)20-8-2-1-3-9-20/h4-7,10-12,21H,1-3,8-9H2. The molecule has 0 aromatic heterocycles. The molecule has 1 amide bonds. The number of likely N-dealkylation sites (tertiary alicyclic amines) is 1. The molecule has 0 spiro atoms. The lowest BCUT2D eigenvalue weighted by atomic mass is 10.0. The number of halogens is 1. The highest BCUT2D eigenvalue weighted by atomic mass is 79.9. The molecule has 0 radical (unpaired) electrons. The molecule has 4 heteroatoms. The first-order valence-electron chi connectivity index (χ1n) is 7.53. The van der Waals surface area contributed by atoms with Crippen molar-refractivity contribution in [2.24, 2.45) is 0 Å². The molecule has 2 aromatic carbocycles. The predicted molar refractivity (Wildman–Crippen MR) is 91.0 cm³/mol. The van der Waals surface area contributed by atoms with Gasteiger partial charge in [0.25, 0.3) is 5.91 Å². The van der Waals surface area contributed by atoms with Crippen LogP contribution >= 0.6 is 15.9 Å². The molecule has 1 heterocycles. The van der Waals surface area contributed by atoms with E-state index in [0.717, 1.165) is 47.1 Å². The number of piperidine rings is 1. The van der Waals surface area contributed by atoms with Gasteiger partial charge in [0.2, 0.25) is 0 Å². The molecule has 114 valence electrons. The van der Waals surface area contributed by atoms with E-state index in [9.17, 15) is 9.90 Å². The summed E-state index contributed by atoms with van der Waals surface area (Å²) in [5.74, 6) is 0.334. The Morgan fingerprint density at radius 1 is 0.955 bits per heavy atom. The third-order valence-electron chi connectivity index (χ3n) is 3.99. The van der Waals surface area contributed by atoms with Crippen LogP contribution in [-0.4, -0.2) is 29.0 Å². The third-order valence-corrected chi connectivity index (χ3v) is 4.45. The number of hydrogen-bond acceptors (Lipinski definition) is 2. The molecule has 3 rings (SSSR count). The Bertz CT molecular complexity index is 656. The zero-order valence-corrected chi connectivity index (χ0v) is 13.8. The van der Waals surface area contributed by atoms with E-state index < -0.39 is 0 Å². The fourth-order valence-corrected chi connectivity index (χ4v) is 3.31. The molecule has 0 saturated carbocycles. The number of carbonyl (C=O) groups excluding carboxylic acids is 1. The Morgan fingerprint density at radius 3 is 2.27 bits per heavy atom. The van der Waals surface area contributed by atoms with E-state index in [0.29, 0.717) is 0 Å². The van der Waals surface area contributed by atoms with Crippen LogP contribution in [0.5, 0.6) is 5.75 Å². The second-order valence-electron chi connectivity index (χ2n) is 5.63. The molecule has 22 heavy (non-hydrogen) atoms. The lowest BCUT2D eigenvalue weighted by Crippen LogP contribution is -2.35. The smallest absolute Gasteiger partial charge is 0.253 e. The van der Waals surface area contributed by atoms with Gasteiger partial charge in [-0.1, -0.05) is 28.1 Å². The van der Waals surface area contributed by atoms with E-state index in [4.69, 9.17) is 0 Å². The van der Waals surface area contributed by atoms with Crippen molar-refractivity contribution in [2.45, 2.75) is 19.3 Å². The van der Waals surface area contributed by atoms with E-state index in [1.165, 1.54) is 6.42 Å². The van der Waals surface area contributed by atoms with Gasteiger partial charge in [-0.2, -0.15) is 0 Å². The van der Waals surface area contributed by atoms with Gasteiger partial charge in [-0.05, 0) is 60.7 Å². The number of benzene rings is 2. The monoisotopic (exact) mass is 359 g/mol.